The molecular formula is C29H30N6O4. The van der Waals surface area contributed by atoms with Gasteiger partial charge in [-0.3, -0.25) is 9.69 Å². The molecule has 10 heteroatoms. The third-order valence-electron chi connectivity index (χ3n) is 6.93. The fourth-order valence-corrected chi connectivity index (χ4v) is 5.08. The zero-order valence-corrected chi connectivity index (χ0v) is 21.7. The highest BCUT2D eigenvalue weighted by Gasteiger charge is 2.27. The summed E-state index contributed by atoms with van der Waals surface area (Å²) in [7, 11) is 0. The molecule has 4 heterocycles. The van der Waals surface area contributed by atoms with Gasteiger partial charge in [-0.2, -0.15) is 0 Å². The van der Waals surface area contributed by atoms with E-state index in [0.29, 0.717) is 49.9 Å². The van der Waals surface area contributed by atoms with Gasteiger partial charge in [0.05, 0.1) is 17.8 Å². The molecule has 0 fully saturated rings. The first-order chi connectivity index (χ1) is 19.2. The molecule has 0 spiro atoms. The Morgan fingerprint density at radius 2 is 1.85 bits per heavy atom. The zero-order chi connectivity index (χ0) is 26.6. The SMILES string of the molecule is CCCC(c1nnnn1Cc1ccco1)N(Cc1ccccc1)Cc1cc2cc3c(cc2[nH]c1=O)OCCO3. The van der Waals surface area contributed by atoms with Gasteiger partial charge in [-0.05, 0) is 46.7 Å². The van der Waals surface area contributed by atoms with Gasteiger partial charge in [0.2, 0.25) is 0 Å². The smallest absolute Gasteiger partial charge is 0.252 e. The highest BCUT2D eigenvalue weighted by atomic mass is 16.6. The number of nitrogens with zero attached hydrogens (tertiary/aromatic N) is 5. The van der Waals surface area contributed by atoms with Crippen LogP contribution >= 0.6 is 0 Å². The number of aromatic amines is 1. The monoisotopic (exact) mass is 526 g/mol. The third kappa shape index (κ3) is 5.42. The zero-order valence-electron chi connectivity index (χ0n) is 21.7. The van der Waals surface area contributed by atoms with Crippen molar-refractivity contribution in [2.45, 2.75) is 45.4 Å². The van der Waals surface area contributed by atoms with Gasteiger partial charge in [-0.25, -0.2) is 4.68 Å². The lowest BCUT2D eigenvalue weighted by molar-refractivity contribution is 0.155. The van der Waals surface area contributed by atoms with E-state index in [1.54, 1.807) is 10.9 Å². The number of tetrazole rings is 1. The van der Waals surface area contributed by atoms with Crippen LogP contribution in [0, 0.1) is 0 Å². The molecular weight excluding hydrogens is 496 g/mol. The maximum atomic E-state index is 13.3. The number of hydrogen-bond acceptors (Lipinski definition) is 8. The van der Waals surface area contributed by atoms with Crippen LogP contribution in [0.2, 0.25) is 0 Å². The first-order valence-electron chi connectivity index (χ1n) is 13.2. The van der Waals surface area contributed by atoms with E-state index in [4.69, 9.17) is 13.9 Å². The first-order valence-corrected chi connectivity index (χ1v) is 13.2. The Labute approximate surface area is 225 Å². The largest absolute Gasteiger partial charge is 0.486 e. The van der Waals surface area contributed by atoms with Crippen molar-refractivity contribution < 1.29 is 13.9 Å². The van der Waals surface area contributed by atoms with Crippen LogP contribution in [-0.2, 0) is 19.6 Å². The van der Waals surface area contributed by atoms with Crippen LogP contribution in [0.1, 0.15) is 48.5 Å². The van der Waals surface area contributed by atoms with Crippen LogP contribution in [0.25, 0.3) is 10.9 Å². The Bertz CT molecular complexity index is 1600. The highest BCUT2D eigenvalue weighted by Crippen LogP contribution is 2.34. The minimum Gasteiger partial charge on any atom is -0.486 e. The standard InChI is InChI=1S/C29H30N6O4/c1-2-7-25(28-31-32-33-35(28)19-23-10-6-11-37-23)34(17-20-8-4-3-5-9-20)18-22-14-21-15-26-27(39-13-12-38-26)16-24(21)30-29(22)36/h3-6,8-11,14-16,25H,2,7,12-13,17-19H2,1H3,(H,30,36). The number of aromatic nitrogens is 5. The lowest BCUT2D eigenvalue weighted by Gasteiger charge is -2.31. The van der Waals surface area contributed by atoms with Gasteiger partial charge in [0.25, 0.3) is 5.56 Å². The van der Waals surface area contributed by atoms with Crippen molar-refractivity contribution in [3.63, 3.8) is 0 Å². The molecule has 1 unspecified atom stereocenters. The second-order valence-corrected chi connectivity index (χ2v) is 9.68. The van der Waals surface area contributed by atoms with E-state index in [-0.39, 0.29) is 11.6 Å². The molecule has 200 valence electrons. The van der Waals surface area contributed by atoms with E-state index in [1.807, 2.05) is 48.5 Å². The fraction of sp³-hybridized carbons (Fsp3) is 0.310. The maximum Gasteiger partial charge on any atom is 0.252 e. The minimum absolute atomic E-state index is 0.129. The molecule has 1 aliphatic rings. The summed E-state index contributed by atoms with van der Waals surface area (Å²) in [4.78, 5) is 18.6. The molecule has 0 saturated heterocycles. The van der Waals surface area contributed by atoms with E-state index in [2.05, 4.69) is 44.5 Å². The number of pyridine rings is 1. The van der Waals surface area contributed by atoms with Crippen molar-refractivity contribution in [1.82, 2.24) is 30.1 Å². The number of benzene rings is 2. The van der Waals surface area contributed by atoms with E-state index in [0.717, 1.165) is 40.9 Å². The van der Waals surface area contributed by atoms with Gasteiger partial charge >= 0.3 is 0 Å². The predicted octanol–water partition coefficient (Wildman–Crippen LogP) is 4.47. The molecule has 0 amide bonds. The van der Waals surface area contributed by atoms with E-state index < -0.39 is 0 Å². The van der Waals surface area contributed by atoms with Gasteiger partial charge in [-0.15, -0.1) is 5.10 Å². The summed E-state index contributed by atoms with van der Waals surface area (Å²) in [6.07, 6.45) is 3.38. The molecule has 0 saturated carbocycles. The maximum absolute atomic E-state index is 13.3. The Morgan fingerprint density at radius 3 is 2.62 bits per heavy atom. The van der Waals surface area contributed by atoms with E-state index in [1.165, 1.54) is 0 Å². The Kier molecular flexibility index (Phi) is 7.09. The second kappa shape index (κ2) is 11.1. The number of H-pyrrole nitrogens is 1. The normalized spacial score (nSPS) is 13.7. The van der Waals surface area contributed by atoms with E-state index in [9.17, 15) is 4.79 Å². The summed E-state index contributed by atoms with van der Waals surface area (Å²) < 4.78 is 18.8. The average Bonchev–Trinajstić information content (AvgIpc) is 3.64. The molecule has 2 aromatic carbocycles. The summed E-state index contributed by atoms with van der Waals surface area (Å²) in [6, 6.07) is 19.6. The van der Waals surface area contributed by atoms with Crippen molar-refractivity contribution in [2.75, 3.05) is 13.2 Å². The number of furan rings is 1. The Hall–Kier alpha value is -4.44. The average molecular weight is 527 g/mol. The summed E-state index contributed by atoms with van der Waals surface area (Å²) in [5.41, 5.74) is 2.37. The number of nitrogens with one attached hydrogen (secondary N) is 1. The molecule has 39 heavy (non-hydrogen) atoms. The minimum atomic E-state index is -0.136. The van der Waals surface area contributed by atoms with Gasteiger partial charge in [0, 0.05) is 30.1 Å². The van der Waals surface area contributed by atoms with Crippen molar-refractivity contribution in [3.05, 3.63) is 100.0 Å². The Morgan fingerprint density at radius 1 is 1.03 bits per heavy atom. The summed E-state index contributed by atoms with van der Waals surface area (Å²) in [5, 5.41) is 13.6. The summed E-state index contributed by atoms with van der Waals surface area (Å²) in [5.74, 6) is 2.85. The van der Waals surface area contributed by atoms with Crippen LogP contribution in [0.4, 0.5) is 0 Å². The van der Waals surface area contributed by atoms with Crippen molar-refractivity contribution >= 4 is 10.9 Å². The van der Waals surface area contributed by atoms with Crippen molar-refractivity contribution in [1.29, 1.82) is 0 Å². The topological polar surface area (TPSA) is 111 Å². The lowest BCUT2D eigenvalue weighted by Crippen LogP contribution is -2.32. The molecule has 1 N–H and O–H groups in total. The van der Waals surface area contributed by atoms with Gasteiger partial charge in [0.1, 0.15) is 25.5 Å². The summed E-state index contributed by atoms with van der Waals surface area (Å²) in [6.45, 7) is 4.60. The highest BCUT2D eigenvalue weighted by molar-refractivity contribution is 5.83. The molecule has 0 radical (unpaired) electrons. The molecule has 3 aromatic heterocycles. The first kappa shape index (κ1) is 24.9. The molecule has 6 rings (SSSR count). The molecule has 10 nitrogen and oxygen atoms in total. The van der Waals surface area contributed by atoms with Crippen molar-refractivity contribution in [2.24, 2.45) is 0 Å². The van der Waals surface area contributed by atoms with E-state index >= 15 is 0 Å². The van der Waals surface area contributed by atoms with Crippen LogP contribution < -0.4 is 15.0 Å². The van der Waals surface area contributed by atoms with Crippen LogP contribution in [0.15, 0.2) is 76.1 Å². The number of rotatable bonds is 10. The lowest BCUT2D eigenvalue weighted by atomic mass is 10.1. The summed E-state index contributed by atoms with van der Waals surface area (Å²) >= 11 is 0. The molecule has 1 aliphatic heterocycles. The molecule has 0 aliphatic carbocycles. The van der Waals surface area contributed by atoms with Crippen LogP contribution in [0.3, 0.4) is 0 Å². The number of fused-ring (bicyclic) bond motifs is 2. The number of ether oxygens (including phenoxy) is 2. The predicted molar refractivity (Wildman–Crippen MR) is 145 cm³/mol. The van der Waals surface area contributed by atoms with Gasteiger partial charge in [-0.1, -0.05) is 43.7 Å². The fourth-order valence-electron chi connectivity index (χ4n) is 5.08. The quantitative estimate of drug-likeness (QED) is 0.284. The third-order valence-corrected chi connectivity index (χ3v) is 6.93. The van der Waals surface area contributed by atoms with Gasteiger partial charge in [0.15, 0.2) is 17.3 Å². The van der Waals surface area contributed by atoms with Gasteiger partial charge < -0.3 is 18.9 Å². The second-order valence-electron chi connectivity index (χ2n) is 9.68. The molecule has 1 atom stereocenters. The van der Waals surface area contributed by atoms with Crippen molar-refractivity contribution in [3.8, 4) is 11.5 Å². The Balaban J connectivity index is 1.38. The molecule has 5 aromatic rings. The molecule has 0 bridgehead atoms. The van der Waals surface area contributed by atoms with Crippen LogP contribution in [0.5, 0.6) is 11.5 Å². The number of hydrogen-bond donors (Lipinski definition) is 1. The van der Waals surface area contributed by atoms with Crippen LogP contribution in [-0.4, -0.2) is 43.3 Å².